The largest absolute Gasteiger partial charge is 0.459 e. The lowest BCUT2D eigenvalue weighted by Gasteiger charge is -2.26. The van der Waals surface area contributed by atoms with Gasteiger partial charge in [0.1, 0.15) is 11.3 Å². The lowest BCUT2D eigenvalue weighted by molar-refractivity contribution is 0.0816. The van der Waals surface area contributed by atoms with Crippen LogP contribution >= 0.6 is 0 Å². The summed E-state index contributed by atoms with van der Waals surface area (Å²) in [6, 6.07) is 23.8. The van der Waals surface area contributed by atoms with Crippen LogP contribution in [0.1, 0.15) is 64.7 Å². The number of rotatable bonds is 4. The number of carbonyl (C=O) groups is 1. The van der Waals surface area contributed by atoms with Crippen molar-refractivity contribution in [3.63, 3.8) is 0 Å². The minimum absolute atomic E-state index is 0.110. The zero-order valence-corrected chi connectivity index (χ0v) is 19.1. The average molecular weight is 437 g/mol. The lowest BCUT2D eigenvalue weighted by atomic mass is 9.90. The normalized spacial score (nSPS) is 18.4. The number of hydrogen-bond acceptors (Lipinski definition) is 3. The third kappa shape index (κ3) is 3.46. The second-order valence-corrected chi connectivity index (χ2v) is 9.43. The minimum atomic E-state index is 0.110. The van der Waals surface area contributed by atoms with Gasteiger partial charge in [0.15, 0.2) is 0 Å². The van der Waals surface area contributed by atoms with Crippen molar-refractivity contribution in [2.45, 2.75) is 44.8 Å². The van der Waals surface area contributed by atoms with Gasteiger partial charge in [0, 0.05) is 36.1 Å². The predicted octanol–water partition coefficient (Wildman–Crippen LogP) is 6.41. The third-order valence-electron chi connectivity index (χ3n) is 7.23. The Bertz CT molecular complexity index is 1360. The van der Waals surface area contributed by atoms with Gasteiger partial charge in [-0.1, -0.05) is 42.5 Å². The number of benzene rings is 3. The van der Waals surface area contributed by atoms with Crippen molar-refractivity contribution in [1.82, 2.24) is 10.2 Å². The van der Waals surface area contributed by atoms with Crippen LogP contribution in [0.4, 0.5) is 0 Å². The summed E-state index contributed by atoms with van der Waals surface area (Å²) in [5.74, 6) is 1.21. The third-order valence-corrected chi connectivity index (χ3v) is 7.23. The quantitative estimate of drug-likeness (QED) is 0.402. The summed E-state index contributed by atoms with van der Waals surface area (Å²) in [4.78, 5) is 14.0. The molecule has 1 amide bonds. The summed E-state index contributed by atoms with van der Waals surface area (Å²) in [5, 5.41) is 5.02. The van der Waals surface area contributed by atoms with E-state index in [9.17, 15) is 4.79 Å². The van der Waals surface area contributed by atoms with E-state index in [1.54, 1.807) is 4.90 Å². The Morgan fingerprint density at radius 2 is 1.82 bits per heavy atom. The molecule has 2 atom stereocenters. The predicted molar refractivity (Wildman–Crippen MR) is 131 cm³/mol. The molecule has 0 fully saturated rings. The van der Waals surface area contributed by atoms with Crippen molar-refractivity contribution in [3.8, 4) is 11.1 Å². The highest BCUT2D eigenvalue weighted by atomic mass is 16.3. The van der Waals surface area contributed by atoms with E-state index in [0.29, 0.717) is 6.54 Å². The maximum atomic E-state index is 12.3. The molecule has 1 aliphatic carbocycles. The summed E-state index contributed by atoms with van der Waals surface area (Å²) in [6.45, 7) is 2.90. The Morgan fingerprint density at radius 3 is 2.67 bits per heavy atom. The topological polar surface area (TPSA) is 45.5 Å². The molecule has 33 heavy (non-hydrogen) atoms. The van der Waals surface area contributed by atoms with Crippen molar-refractivity contribution in [3.05, 3.63) is 94.7 Å². The molecule has 4 aromatic rings. The number of nitrogens with zero attached hydrogens (tertiary/aromatic N) is 1. The number of fused-ring (bicyclic) bond motifs is 4. The summed E-state index contributed by atoms with van der Waals surface area (Å²) in [6.07, 6.45) is 3.29. The molecular formula is C29H28N2O2. The van der Waals surface area contributed by atoms with Crippen LogP contribution in [0.3, 0.4) is 0 Å². The Balaban J connectivity index is 1.34. The maximum Gasteiger partial charge on any atom is 0.254 e. The van der Waals surface area contributed by atoms with Crippen molar-refractivity contribution < 1.29 is 9.21 Å². The Morgan fingerprint density at radius 1 is 1.03 bits per heavy atom. The fourth-order valence-electron chi connectivity index (χ4n) is 5.44. The Labute approximate surface area is 194 Å². The molecule has 1 aliphatic heterocycles. The van der Waals surface area contributed by atoms with Crippen molar-refractivity contribution in [1.29, 1.82) is 0 Å². The standard InChI is InChI=1S/C29H28N2O2/c1-18(19-7-4-3-5-8-19)30-26-10-6-9-24-25-16-21(12-14-27(25)33-28(24)26)20-11-13-23-22(15-20)17-31(2)29(23)32/h3-5,7-8,11-16,18,26,30H,6,9-10,17H2,1-2H3. The molecule has 6 rings (SSSR count). The van der Waals surface area contributed by atoms with E-state index in [-0.39, 0.29) is 18.0 Å². The molecule has 1 N–H and O–H groups in total. The van der Waals surface area contributed by atoms with Crippen molar-refractivity contribution >= 4 is 16.9 Å². The van der Waals surface area contributed by atoms with Gasteiger partial charge in [0.05, 0.1) is 6.04 Å². The summed E-state index contributed by atoms with van der Waals surface area (Å²) in [7, 11) is 1.86. The lowest BCUT2D eigenvalue weighted by Crippen LogP contribution is -2.27. The fourth-order valence-corrected chi connectivity index (χ4v) is 5.44. The number of furan rings is 1. The van der Waals surface area contributed by atoms with E-state index in [2.05, 4.69) is 72.9 Å². The zero-order valence-electron chi connectivity index (χ0n) is 19.1. The molecule has 0 saturated carbocycles. The van der Waals surface area contributed by atoms with Crippen LogP contribution in [-0.2, 0) is 13.0 Å². The number of aryl methyl sites for hydroxylation is 1. The van der Waals surface area contributed by atoms with Gasteiger partial charge in [-0.15, -0.1) is 0 Å². The first kappa shape index (κ1) is 20.3. The number of hydrogen-bond donors (Lipinski definition) is 1. The van der Waals surface area contributed by atoms with Gasteiger partial charge in [0.2, 0.25) is 0 Å². The highest BCUT2D eigenvalue weighted by Crippen LogP contribution is 2.40. The van der Waals surface area contributed by atoms with Crippen molar-refractivity contribution in [2.24, 2.45) is 0 Å². The zero-order chi connectivity index (χ0) is 22.5. The molecule has 4 nitrogen and oxygen atoms in total. The van der Waals surface area contributed by atoms with E-state index >= 15 is 0 Å². The molecule has 1 aromatic heterocycles. The van der Waals surface area contributed by atoms with Crippen LogP contribution < -0.4 is 5.32 Å². The molecular weight excluding hydrogens is 408 g/mol. The van der Waals surface area contributed by atoms with Gasteiger partial charge < -0.3 is 14.6 Å². The molecule has 0 radical (unpaired) electrons. The van der Waals surface area contributed by atoms with Gasteiger partial charge in [-0.3, -0.25) is 4.79 Å². The highest BCUT2D eigenvalue weighted by Gasteiger charge is 2.28. The molecule has 2 heterocycles. The first-order valence-electron chi connectivity index (χ1n) is 11.8. The Hall–Kier alpha value is -3.37. The van der Waals surface area contributed by atoms with E-state index in [1.165, 1.54) is 22.1 Å². The SMILES string of the molecule is CC(NC1CCCc2c1oc1ccc(-c3ccc4c(c3)CN(C)C4=O)cc21)c1ccccc1. The van der Waals surface area contributed by atoms with Crippen LogP contribution in [0, 0.1) is 0 Å². The molecule has 0 bridgehead atoms. The molecule has 3 aromatic carbocycles. The maximum absolute atomic E-state index is 12.3. The van der Waals surface area contributed by atoms with E-state index in [1.807, 2.05) is 13.1 Å². The molecule has 0 spiro atoms. The van der Waals surface area contributed by atoms with Gasteiger partial charge in [-0.25, -0.2) is 0 Å². The van der Waals surface area contributed by atoms with Gasteiger partial charge in [0.25, 0.3) is 5.91 Å². The van der Waals surface area contributed by atoms with Crippen molar-refractivity contribution in [2.75, 3.05) is 7.05 Å². The average Bonchev–Trinajstić information content (AvgIpc) is 3.36. The van der Waals surface area contributed by atoms with E-state index in [4.69, 9.17) is 4.42 Å². The van der Waals surface area contributed by atoms with Crippen LogP contribution in [-0.4, -0.2) is 17.9 Å². The molecule has 0 saturated heterocycles. The molecule has 2 unspecified atom stereocenters. The summed E-state index contributed by atoms with van der Waals surface area (Å²) >= 11 is 0. The van der Waals surface area contributed by atoms with Gasteiger partial charge >= 0.3 is 0 Å². The summed E-state index contributed by atoms with van der Waals surface area (Å²) < 4.78 is 6.42. The molecule has 166 valence electrons. The Kier molecular flexibility index (Phi) is 4.84. The first-order chi connectivity index (χ1) is 16.1. The van der Waals surface area contributed by atoms with Crippen LogP contribution in [0.15, 0.2) is 71.1 Å². The monoisotopic (exact) mass is 436 g/mol. The van der Waals surface area contributed by atoms with Crippen LogP contribution in [0.5, 0.6) is 0 Å². The van der Waals surface area contributed by atoms with E-state index < -0.39 is 0 Å². The number of amides is 1. The smallest absolute Gasteiger partial charge is 0.254 e. The minimum Gasteiger partial charge on any atom is -0.459 e. The second kappa shape index (κ2) is 7.89. The molecule has 2 aliphatic rings. The fraction of sp³-hybridized carbons (Fsp3) is 0.276. The first-order valence-corrected chi connectivity index (χ1v) is 11.8. The van der Waals surface area contributed by atoms with Crippen LogP contribution in [0.25, 0.3) is 22.1 Å². The number of nitrogens with one attached hydrogen (secondary N) is 1. The molecule has 4 heteroatoms. The van der Waals surface area contributed by atoms with Gasteiger partial charge in [-0.2, -0.15) is 0 Å². The second-order valence-electron chi connectivity index (χ2n) is 9.43. The van der Waals surface area contributed by atoms with Crippen LogP contribution in [0.2, 0.25) is 0 Å². The van der Waals surface area contributed by atoms with E-state index in [0.717, 1.165) is 47.3 Å². The summed E-state index contributed by atoms with van der Waals surface area (Å²) in [5.41, 5.74) is 7.84. The van der Waals surface area contributed by atoms with Gasteiger partial charge in [-0.05, 0) is 72.7 Å². The highest BCUT2D eigenvalue weighted by molar-refractivity contribution is 5.99. The number of carbonyl (C=O) groups excluding carboxylic acids is 1.